The number of aliphatic carboxylic acids is 1. The number of thiophene rings is 1. The molecule has 5 nitrogen and oxygen atoms in total. The fourth-order valence-corrected chi connectivity index (χ4v) is 3.28. The molecule has 1 aliphatic rings. The van der Waals surface area contributed by atoms with Crippen molar-refractivity contribution in [2.45, 2.75) is 18.6 Å². The maximum absolute atomic E-state index is 11.9. The molecule has 0 aromatic carbocycles. The van der Waals surface area contributed by atoms with E-state index in [0.29, 0.717) is 0 Å². The van der Waals surface area contributed by atoms with Crippen molar-refractivity contribution in [2.24, 2.45) is 0 Å². The van der Waals surface area contributed by atoms with E-state index >= 15 is 0 Å². The van der Waals surface area contributed by atoms with Crippen molar-refractivity contribution in [1.29, 1.82) is 0 Å². The Hall–Kier alpha value is -1.18. The summed E-state index contributed by atoms with van der Waals surface area (Å²) in [6.45, 7) is 0.0638. The van der Waals surface area contributed by atoms with Gasteiger partial charge in [-0.15, -0.1) is 11.3 Å². The molecule has 19 heavy (non-hydrogen) atoms. The number of β-amino-alcohol motifs (C(OH)–C–C–N with tert-alkyl or cyclic N) is 1. The molecule has 1 fully saturated rings. The predicted molar refractivity (Wildman–Crippen MR) is 74.8 cm³/mol. The maximum atomic E-state index is 11.9. The fraction of sp³-hybridized carbons (Fsp3) is 0.333. The second-order valence-electron chi connectivity index (χ2n) is 4.21. The fourth-order valence-electron chi connectivity index (χ4n) is 1.96. The normalized spacial score (nSPS) is 23.2. The van der Waals surface area contributed by atoms with E-state index < -0.39 is 24.0 Å². The van der Waals surface area contributed by atoms with Gasteiger partial charge in [-0.2, -0.15) is 0 Å². The van der Waals surface area contributed by atoms with Gasteiger partial charge in [0.25, 0.3) is 0 Å². The van der Waals surface area contributed by atoms with Crippen LogP contribution in [0.4, 0.5) is 0 Å². The van der Waals surface area contributed by atoms with Crippen LogP contribution in [-0.2, 0) is 9.59 Å². The molecule has 1 saturated heterocycles. The van der Waals surface area contributed by atoms with Crippen LogP contribution in [0.1, 0.15) is 11.3 Å². The molecule has 1 aliphatic heterocycles. The highest BCUT2D eigenvalue weighted by molar-refractivity contribution is 9.11. The van der Waals surface area contributed by atoms with Crippen LogP contribution < -0.4 is 0 Å². The topological polar surface area (TPSA) is 77.8 Å². The maximum Gasteiger partial charge on any atom is 0.326 e. The summed E-state index contributed by atoms with van der Waals surface area (Å²) in [5.74, 6) is -1.48. The number of nitrogens with zero attached hydrogens (tertiary/aromatic N) is 1. The molecule has 2 rings (SSSR count). The van der Waals surface area contributed by atoms with E-state index in [1.807, 2.05) is 12.1 Å². The largest absolute Gasteiger partial charge is 0.480 e. The molecule has 1 aromatic heterocycles. The second kappa shape index (κ2) is 5.85. The van der Waals surface area contributed by atoms with Crippen molar-refractivity contribution in [3.63, 3.8) is 0 Å². The van der Waals surface area contributed by atoms with E-state index in [2.05, 4.69) is 15.9 Å². The zero-order chi connectivity index (χ0) is 14.0. The Morgan fingerprint density at radius 1 is 1.47 bits per heavy atom. The molecule has 0 radical (unpaired) electrons. The molecule has 0 bridgehead atoms. The van der Waals surface area contributed by atoms with Crippen LogP contribution >= 0.6 is 27.3 Å². The Bertz CT molecular complexity index is 528. The second-order valence-corrected chi connectivity index (χ2v) is 6.70. The number of aliphatic hydroxyl groups is 1. The molecule has 2 atom stereocenters. The molecular formula is C12H12BrNO4S. The molecule has 0 spiro atoms. The third kappa shape index (κ3) is 3.43. The Morgan fingerprint density at radius 3 is 2.79 bits per heavy atom. The molecular weight excluding hydrogens is 334 g/mol. The molecule has 2 unspecified atom stereocenters. The van der Waals surface area contributed by atoms with Gasteiger partial charge in [0.15, 0.2) is 0 Å². The minimum absolute atomic E-state index is 0.0638. The Kier molecular flexibility index (Phi) is 4.38. The monoisotopic (exact) mass is 345 g/mol. The Balaban J connectivity index is 2.06. The predicted octanol–water partition coefficient (Wildman–Crippen LogP) is 1.57. The van der Waals surface area contributed by atoms with Crippen molar-refractivity contribution in [1.82, 2.24) is 4.90 Å². The molecule has 2 N–H and O–H groups in total. The van der Waals surface area contributed by atoms with Gasteiger partial charge in [0.2, 0.25) is 5.91 Å². The van der Waals surface area contributed by atoms with E-state index in [1.54, 1.807) is 6.08 Å². The smallest absolute Gasteiger partial charge is 0.326 e. The number of carbonyl (C=O) groups excluding carboxylic acids is 1. The number of carbonyl (C=O) groups is 2. The van der Waals surface area contributed by atoms with Crippen LogP contribution in [0.15, 0.2) is 22.0 Å². The summed E-state index contributed by atoms with van der Waals surface area (Å²) >= 11 is 4.79. The number of amides is 1. The Morgan fingerprint density at radius 2 is 2.21 bits per heavy atom. The number of halogens is 1. The number of carboxylic acid groups (broad SMARTS) is 1. The molecule has 1 aromatic rings. The van der Waals surface area contributed by atoms with Crippen LogP contribution in [0, 0.1) is 0 Å². The van der Waals surface area contributed by atoms with E-state index in [4.69, 9.17) is 5.11 Å². The summed E-state index contributed by atoms with van der Waals surface area (Å²) in [4.78, 5) is 25.0. The summed E-state index contributed by atoms with van der Waals surface area (Å²) in [5, 5.41) is 18.5. The minimum atomic E-state index is -1.09. The first-order valence-electron chi connectivity index (χ1n) is 5.62. The van der Waals surface area contributed by atoms with Gasteiger partial charge >= 0.3 is 5.97 Å². The standard InChI is InChI=1S/C12H12BrNO4S/c13-10-3-1-8(19-10)2-4-11(16)14-6-7(15)5-9(14)12(17)18/h1-4,7,9,15H,5-6H2,(H,17,18)/b4-2+. The van der Waals surface area contributed by atoms with Gasteiger partial charge in [-0.1, -0.05) is 0 Å². The van der Waals surface area contributed by atoms with Gasteiger partial charge in [-0.3, -0.25) is 4.79 Å². The average molecular weight is 346 g/mol. The van der Waals surface area contributed by atoms with Gasteiger partial charge in [-0.25, -0.2) is 4.79 Å². The summed E-state index contributed by atoms with van der Waals surface area (Å²) in [6.07, 6.45) is 2.29. The highest BCUT2D eigenvalue weighted by Crippen LogP contribution is 2.24. The molecule has 7 heteroatoms. The lowest BCUT2D eigenvalue weighted by molar-refractivity contribution is -0.146. The minimum Gasteiger partial charge on any atom is -0.480 e. The quantitative estimate of drug-likeness (QED) is 0.815. The highest BCUT2D eigenvalue weighted by Gasteiger charge is 2.37. The lowest BCUT2D eigenvalue weighted by Gasteiger charge is -2.19. The number of likely N-dealkylation sites (tertiary alicyclic amines) is 1. The summed E-state index contributed by atoms with van der Waals surface area (Å²) in [5.41, 5.74) is 0. The van der Waals surface area contributed by atoms with Crippen molar-refractivity contribution in [3.8, 4) is 0 Å². The first-order valence-corrected chi connectivity index (χ1v) is 7.23. The average Bonchev–Trinajstić information content (AvgIpc) is 2.92. The lowest BCUT2D eigenvalue weighted by atomic mass is 10.2. The zero-order valence-corrected chi connectivity index (χ0v) is 12.2. The molecule has 0 saturated carbocycles. The number of hydrogen-bond acceptors (Lipinski definition) is 4. The van der Waals surface area contributed by atoms with Crippen molar-refractivity contribution >= 4 is 45.2 Å². The third-order valence-electron chi connectivity index (χ3n) is 2.83. The SMILES string of the molecule is O=C(O)C1CC(O)CN1C(=O)/C=C/c1ccc(Br)s1. The number of aliphatic hydroxyl groups excluding tert-OH is 1. The van der Waals surface area contributed by atoms with E-state index in [9.17, 15) is 14.7 Å². The number of rotatable bonds is 3. The van der Waals surface area contributed by atoms with E-state index in [1.165, 1.54) is 22.3 Å². The van der Waals surface area contributed by atoms with Crippen molar-refractivity contribution in [2.75, 3.05) is 6.54 Å². The molecule has 1 amide bonds. The molecule has 2 heterocycles. The number of carboxylic acids is 1. The lowest BCUT2D eigenvalue weighted by Crippen LogP contribution is -2.39. The van der Waals surface area contributed by atoms with Gasteiger partial charge < -0.3 is 15.1 Å². The first kappa shape index (κ1) is 14.2. The van der Waals surface area contributed by atoms with Crippen LogP contribution in [-0.4, -0.2) is 45.7 Å². The van der Waals surface area contributed by atoms with Gasteiger partial charge in [0.1, 0.15) is 6.04 Å². The van der Waals surface area contributed by atoms with E-state index in [0.717, 1.165) is 8.66 Å². The van der Waals surface area contributed by atoms with Crippen LogP contribution in [0.5, 0.6) is 0 Å². The van der Waals surface area contributed by atoms with E-state index in [-0.39, 0.29) is 13.0 Å². The van der Waals surface area contributed by atoms with Gasteiger partial charge in [0.05, 0.1) is 9.89 Å². The van der Waals surface area contributed by atoms with Crippen LogP contribution in [0.25, 0.3) is 6.08 Å². The van der Waals surface area contributed by atoms with Gasteiger partial charge in [-0.05, 0) is 34.1 Å². The first-order chi connectivity index (χ1) is 8.97. The van der Waals surface area contributed by atoms with Crippen molar-refractivity contribution < 1.29 is 19.8 Å². The van der Waals surface area contributed by atoms with Gasteiger partial charge in [0, 0.05) is 23.9 Å². The zero-order valence-electron chi connectivity index (χ0n) is 9.82. The summed E-state index contributed by atoms with van der Waals surface area (Å²) in [6, 6.07) is 2.78. The third-order valence-corrected chi connectivity index (χ3v) is 4.42. The summed E-state index contributed by atoms with van der Waals surface area (Å²) < 4.78 is 0.958. The van der Waals surface area contributed by atoms with Crippen LogP contribution in [0.2, 0.25) is 0 Å². The van der Waals surface area contributed by atoms with Crippen LogP contribution in [0.3, 0.4) is 0 Å². The number of hydrogen-bond donors (Lipinski definition) is 2. The Labute approximate surface area is 122 Å². The highest BCUT2D eigenvalue weighted by atomic mass is 79.9. The molecule has 0 aliphatic carbocycles. The van der Waals surface area contributed by atoms with Crippen molar-refractivity contribution in [3.05, 3.63) is 26.9 Å². The molecule has 102 valence electrons. The summed E-state index contributed by atoms with van der Waals surface area (Å²) in [7, 11) is 0.